The average Bonchev–Trinajstić information content (AvgIpc) is 2.33. The van der Waals surface area contributed by atoms with Crippen molar-refractivity contribution in [2.24, 2.45) is 0 Å². The summed E-state index contributed by atoms with van der Waals surface area (Å²) in [5.41, 5.74) is 0.201. The lowest BCUT2D eigenvalue weighted by Crippen LogP contribution is -2.34. The normalized spacial score (nSPS) is 12.3. The van der Waals surface area contributed by atoms with Gasteiger partial charge in [-0.3, -0.25) is 0 Å². The average molecular weight is 296 g/mol. The minimum Gasteiger partial charge on any atom is -0.444 e. The van der Waals surface area contributed by atoms with Crippen molar-refractivity contribution >= 4 is 17.9 Å². The van der Waals surface area contributed by atoms with Crippen molar-refractivity contribution in [3.05, 3.63) is 35.6 Å². The van der Waals surface area contributed by atoms with Gasteiger partial charge in [0, 0.05) is 6.54 Å². The predicted octanol–water partition coefficient (Wildman–Crippen LogP) is 3.61. The maximum Gasteiger partial charge on any atom is 0.407 e. The van der Waals surface area contributed by atoms with E-state index >= 15 is 0 Å². The highest BCUT2D eigenvalue weighted by molar-refractivity contribution is 8.03. The highest BCUT2D eigenvalue weighted by atomic mass is 32.2. The topological polar surface area (TPSA) is 62.1 Å². The number of hydrogen-bond donors (Lipinski definition) is 1. The molecule has 0 spiro atoms. The summed E-state index contributed by atoms with van der Waals surface area (Å²) in [5, 5.41) is 13.1. The van der Waals surface area contributed by atoms with Crippen LogP contribution in [0.4, 0.5) is 9.18 Å². The van der Waals surface area contributed by atoms with E-state index in [4.69, 9.17) is 10.00 Å². The van der Waals surface area contributed by atoms with Gasteiger partial charge >= 0.3 is 6.09 Å². The first kappa shape index (κ1) is 16.3. The summed E-state index contributed by atoms with van der Waals surface area (Å²) in [4.78, 5) is 11.6. The summed E-state index contributed by atoms with van der Waals surface area (Å²) in [6.45, 7) is 5.55. The highest BCUT2D eigenvalue weighted by Crippen LogP contribution is 2.27. The quantitative estimate of drug-likeness (QED) is 0.862. The molecule has 0 saturated heterocycles. The highest BCUT2D eigenvalue weighted by Gasteiger charge is 2.18. The minimum atomic E-state index is -0.572. The van der Waals surface area contributed by atoms with Crippen molar-refractivity contribution in [1.29, 1.82) is 5.26 Å². The Hall–Kier alpha value is -1.74. The van der Waals surface area contributed by atoms with Crippen LogP contribution in [0.3, 0.4) is 0 Å². The van der Waals surface area contributed by atoms with Crippen molar-refractivity contribution in [1.82, 2.24) is 5.32 Å². The zero-order valence-corrected chi connectivity index (χ0v) is 12.5. The van der Waals surface area contributed by atoms with Gasteiger partial charge in [-0.1, -0.05) is 12.1 Å². The van der Waals surface area contributed by atoms with Crippen molar-refractivity contribution in [3.8, 4) is 5.40 Å². The summed E-state index contributed by atoms with van der Waals surface area (Å²) in [6.07, 6.45) is -0.539. The molecule has 0 radical (unpaired) electrons. The van der Waals surface area contributed by atoms with E-state index < -0.39 is 11.7 Å². The molecule has 0 aromatic heterocycles. The molecule has 1 N–H and O–H groups in total. The fourth-order valence-corrected chi connectivity index (χ4v) is 2.05. The molecule has 1 amide bonds. The first-order valence-corrected chi connectivity index (χ1v) is 6.97. The summed E-state index contributed by atoms with van der Waals surface area (Å²) in [6, 6.07) is 5.85. The van der Waals surface area contributed by atoms with Crippen LogP contribution in [0, 0.1) is 16.5 Å². The van der Waals surface area contributed by atoms with Crippen molar-refractivity contribution in [2.45, 2.75) is 31.6 Å². The lowest BCUT2D eigenvalue weighted by Gasteiger charge is -2.21. The number of rotatable bonds is 4. The second kappa shape index (κ2) is 7.15. The molecule has 0 bridgehead atoms. The first-order chi connectivity index (χ1) is 9.31. The van der Waals surface area contributed by atoms with Crippen molar-refractivity contribution < 1.29 is 13.9 Å². The Labute approximate surface area is 122 Å². The Kier molecular flexibility index (Phi) is 5.83. The summed E-state index contributed by atoms with van der Waals surface area (Å²) in [7, 11) is 0. The number of alkyl carbamates (subject to hydrolysis) is 1. The van der Waals surface area contributed by atoms with Gasteiger partial charge in [0.2, 0.25) is 0 Å². The monoisotopic (exact) mass is 296 g/mol. The fourth-order valence-electron chi connectivity index (χ4n) is 1.46. The van der Waals surface area contributed by atoms with Gasteiger partial charge in [-0.25, -0.2) is 9.18 Å². The molecule has 0 fully saturated rings. The molecule has 0 aliphatic carbocycles. The van der Waals surface area contributed by atoms with Crippen LogP contribution in [-0.4, -0.2) is 18.2 Å². The summed E-state index contributed by atoms with van der Waals surface area (Å²) >= 11 is 1.01. The van der Waals surface area contributed by atoms with E-state index in [1.807, 2.05) is 5.40 Å². The number of nitriles is 1. The molecule has 108 valence electrons. The molecule has 1 aromatic carbocycles. The molecule has 0 heterocycles. The van der Waals surface area contributed by atoms with Gasteiger partial charge in [0.1, 0.15) is 16.8 Å². The number of hydrogen-bond acceptors (Lipinski definition) is 4. The molecule has 0 aliphatic rings. The Morgan fingerprint density at radius 2 is 2.05 bits per heavy atom. The van der Waals surface area contributed by atoms with E-state index in [2.05, 4.69) is 5.32 Å². The fraction of sp³-hybridized carbons (Fsp3) is 0.429. The second-order valence-electron chi connectivity index (χ2n) is 5.13. The van der Waals surface area contributed by atoms with E-state index in [-0.39, 0.29) is 17.6 Å². The van der Waals surface area contributed by atoms with Crippen LogP contribution in [0.25, 0.3) is 0 Å². The zero-order valence-electron chi connectivity index (χ0n) is 11.6. The van der Waals surface area contributed by atoms with Crippen LogP contribution in [0.1, 0.15) is 31.6 Å². The van der Waals surface area contributed by atoms with Gasteiger partial charge in [-0.05, 0) is 50.2 Å². The van der Waals surface area contributed by atoms with Gasteiger partial charge in [0.05, 0.1) is 5.25 Å². The summed E-state index contributed by atoms with van der Waals surface area (Å²) in [5.74, 6) is -0.338. The van der Waals surface area contributed by atoms with Gasteiger partial charge in [0.15, 0.2) is 0 Å². The van der Waals surface area contributed by atoms with E-state index in [1.54, 1.807) is 32.9 Å². The van der Waals surface area contributed by atoms with Crippen LogP contribution in [0.15, 0.2) is 24.3 Å². The van der Waals surface area contributed by atoms with Crippen molar-refractivity contribution in [2.75, 3.05) is 6.54 Å². The van der Waals surface area contributed by atoms with Crippen molar-refractivity contribution in [3.63, 3.8) is 0 Å². The zero-order chi connectivity index (χ0) is 15.2. The summed E-state index contributed by atoms with van der Waals surface area (Å²) < 4.78 is 18.0. The lowest BCUT2D eigenvalue weighted by molar-refractivity contribution is 0.0528. The maximum absolute atomic E-state index is 12.9. The molecule has 1 aromatic rings. The van der Waals surface area contributed by atoms with E-state index in [9.17, 15) is 9.18 Å². The smallest absolute Gasteiger partial charge is 0.407 e. The molecular formula is C14H17FN2O2S. The van der Waals surface area contributed by atoms with Crippen LogP contribution in [0.5, 0.6) is 0 Å². The van der Waals surface area contributed by atoms with Crippen LogP contribution in [-0.2, 0) is 4.74 Å². The van der Waals surface area contributed by atoms with Crippen LogP contribution in [0.2, 0.25) is 0 Å². The molecule has 1 rings (SSSR count). The standard InChI is InChI=1S/C14H17FN2O2S/c1-14(2,3)19-13(18)17-8-12(20-9-16)10-4-6-11(15)7-5-10/h4-7,12H,8H2,1-3H3,(H,17,18). The van der Waals surface area contributed by atoms with Gasteiger partial charge in [-0.15, -0.1) is 0 Å². The minimum absolute atomic E-state index is 0.235. The molecular weight excluding hydrogens is 279 g/mol. The third-order valence-corrected chi connectivity index (χ3v) is 3.10. The van der Waals surface area contributed by atoms with Gasteiger partial charge in [0.25, 0.3) is 0 Å². The number of amides is 1. The Morgan fingerprint density at radius 3 is 2.55 bits per heavy atom. The Bertz CT molecular complexity index is 491. The first-order valence-electron chi connectivity index (χ1n) is 6.09. The molecule has 4 nitrogen and oxygen atoms in total. The van der Waals surface area contributed by atoms with E-state index in [1.165, 1.54) is 12.1 Å². The third-order valence-electron chi connectivity index (χ3n) is 2.27. The van der Waals surface area contributed by atoms with Gasteiger partial charge < -0.3 is 10.1 Å². The Morgan fingerprint density at radius 1 is 1.45 bits per heavy atom. The van der Waals surface area contributed by atoms with E-state index in [0.29, 0.717) is 0 Å². The molecule has 6 heteroatoms. The number of nitrogens with one attached hydrogen (secondary N) is 1. The predicted molar refractivity (Wildman–Crippen MR) is 76.6 cm³/mol. The SMILES string of the molecule is CC(C)(C)OC(=O)NCC(SC#N)c1ccc(F)cc1. The molecule has 20 heavy (non-hydrogen) atoms. The Balaban J connectivity index is 2.62. The number of carbonyl (C=O) groups is 1. The number of benzene rings is 1. The molecule has 0 saturated carbocycles. The van der Waals surface area contributed by atoms with E-state index in [0.717, 1.165) is 17.3 Å². The number of thiocyanates is 1. The second-order valence-corrected chi connectivity index (χ2v) is 6.12. The van der Waals surface area contributed by atoms with Crippen LogP contribution < -0.4 is 5.32 Å². The third kappa shape index (κ3) is 5.93. The lowest BCUT2D eigenvalue weighted by atomic mass is 10.1. The number of halogens is 1. The number of carbonyl (C=O) groups excluding carboxylic acids is 1. The maximum atomic E-state index is 12.9. The van der Waals surface area contributed by atoms with Gasteiger partial charge in [-0.2, -0.15) is 5.26 Å². The largest absolute Gasteiger partial charge is 0.444 e. The van der Waals surface area contributed by atoms with Crippen LogP contribution >= 0.6 is 11.8 Å². The molecule has 1 atom stereocenters. The molecule has 1 unspecified atom stereocenters. The number of ether oxygens (including phenoxy) is 1. The molecule has 0 aliphatic heterocycles. The number of nitrogens with zero attached hydrogens (tertiary/aromatic N) is 1. The number of thioether (sulfide) groups is 1.